The SMILES string of the molecule is N#Cc1nccc(NC2CCN(Cc3ccc(-c4cc5c(nc4-c4ccccc4)NC(=O)CO5)cc3)CC2)n1. The number of likely N-dealkylation sites (tertiary alicyclic amines) is 1. The van der Waals surface area contributed by atoms with Crippen molar-refractivity contribution in [3.05, 3.63) is 84.3 Å². The molecule has 6 rings (SSSR count). The lowest BCUT2D eigenvalue weighted by atomic mass is 9.97. The zero-order valence-corrected chi connectivity index (χ0v) is 21.3. The van der Waals surface area contributed by atoms with Gasteiger partial charge in [0.2, 0.25) is 5.82 Å². The molecule has 4 aromatic rings. The molecule has 0 atom stereocenters. The van der Waals surface area contributed by atoms with Gasteiger partial charge in [-0.05, 0) is 36.1 Å². The maximum atomic E-state index is 11.9. The average Bonchev–Trinajstić information content (AvgIpc) is 2.98. The van der Waals surface area contributed by atoms with Crippen LogP contribution in [0.25, 0.3) is 22.4 Å². The largest absolute Gasteiger partial charge is 0.480 e. The molecule has 9 nitrogen and oxygen atoms in total. The summed E-state index contributed by atoms with van der Waals surface area (Å²) in [6, 6.07) is 24.6. The molecule has 2 aromatic carbocycles. The van der Waals surface area contributed by atoms with E-state index < -0.39 is 0 Å². The lowest BCUT2D eigenvalue weighted by Gasteiger charge is -2.32. The van der Waals surface area contributed by atoms with Crippen LogP contribution in [0, 0.1) is 11.3 Å². The van der Waals surface area contributed by atoms with Gasteiger partial charge in [0, 0.05) is 43.0 Å². The van der Waals surface area contributed by atoms with Crippen LogP contribution in [0.15, 0.2) is 72.9 Å². The second-order valence-electron chi connectivity index (χ2n) is 9.70. The predicted octanol–water partition coefficient (Wildman–Crippen LogP) is 4.48. The summed E-state index contributed by atoms with van der Waals surface area (Å²) in [6.45, 7) is 2.82. The summed E-state index contributed by atoms with van der Waals surface area (Å²) in [5.41, 5.74) is 5.02. The molecule has 0 radical (unpaired) electrons. The Balaban J connectivity index is 1.14. The van der Waals surface area contributed by atoms with Gasteiger partial charge < -0.3 is 15.4 Å². The van der Waals surface area contributed by atoms with Crippen LogP contribution in [0.3, 0.4) is 0 Å². The van der Waals surface area contributed by atoms with Gasteiger partial charge in [-0.25, -0.2) is 15.0 Å². The highest BCUT2D eigenvalue weighted by atomic mass is 16.5. The van der Waals surface area contributed by atoms with Gasteiger partial charge in [-0.2, -0.15) is 5.26 Å². The molecule has 1 saturated heterocycles. The molecule has 2 aromatic heterocycles. The molecule has 0 unspecified atom stereocenters. The first kappa shape index (κ1) is 24.5. The number of nitrogens with zero attached hydrogens (tertiary/aromatic N) is 5. The molecule has 0 saturated carbocycles. The van der Waals surface area contributed by atoms with E-state index in [9.17, 15) is 4.79 Å². The smallest absolute Gasteiger partial charge is 0.263 e. The zero-order chi connectivity index (χ0) is 26.6. The van der Waals surface area contributed by atoms with Gasteiger partial charge >= 0.3 is 0 Å². The van der Waals surface area contributed by atoms with Gasteiger partial charge in [-0.3, -0.25) is 9.69 Å². The molecule has 194 valence electrons. The third-order valence-electron chi connectivity index (χ3n) is 7.02. The number of carbonyl (C=O) groups is 1. The third-order valence-corrected chi connectivity index (χ3v) is 7.02. The van der Waals surface area contributed by atoms with E-state index in [1.54, 1.807) is 12.3 Å². The van der Waals surface area contributed by atoms with Gasteiger partial charge in [-0.1, -0.05) is 54.6 Å². The fourth-order valence-corrected chi connectivity index (χ4v) is 5.03. The van der Waals surface area contributed by atoms with Crippen molar-refractivity contribution >= 4 is 17.5 Å². The molecule has 2 aliphatic heterocycles. The number of ether oxygens (including phenoxy) is 1. The van der Waals surface area contributed by atoms with Crippen LogP contribution in [0.1, 0.15) is 24.2 Å². The maximum Gasteiger partial charge on any atom is 0.263 e. The molecular formula is C30H27N7O2. The number of hydrogen-bond donors (Lipinski definition) is 2. The Labute approximate surface area is 226 Å². The first-order chi connectivity index (χ1) is 19.1. The van der Waals surface area contributed by atoms with Crippen LogP contribution in [-0.4, -0.2) is 51.5 Å². The average molecular weight is 518 g/mol. The van der Waals surface area contributed by atoms with Crippen molar-refractivity contribution in [2.75, 3.05) is 30.3 Å². The molecule has 0 aliphatic carbocycles. The minimum absolute atomic E-state index is 0.00999. The lowest BCUT2D eigenvalue weighted by Crippen LogP contribution is -2.38. The highest BCUT2D eigenvalue weighted by Crippen LogP contribution is 2.38. The minimum Gasteiger partial charge on any atom is -0.480 e. The summed E-state index contributed by atoms with van der Waals surface area (Å²) in [5.74, 6) is 1.72. The van der Waals surface area contributed by atoms with E-state index in [4.69, 9.17) is 15.0 Å². The molecule has 4 heterocycles. The molecule has 2 aliphatic rings. The second kappa shape index (κ2) is 10.9. The first-order valence-electron chi connectivity index (χ1n) is 13.0. The first-order valence-corrected chi connectivity index (χ1v) is 13.0. The fraction of sp³-hybridized carbons (Fsp3) is 0.233. The Morgan fingerprint density at radius 2 is 1.82 bits per heavy atom. The normalized spacial score (nSPS) is 15.5. The molecule has 0 bridgehead atoms. The number of rotatable bonds is 6. The van der Waals surface area contributed by atoms with Crippen LogP contribution in [0.2, 0.25) is 0 Å². The molecule has 39 heavy (non-hydrogen) atoms. The monoisotopic (exact) mass is 517 g/mol. The summed E-state index contributed by atoms with van der Waals surface area (Å²) < 4.78 is 5.66. The highest BCUT2D eigenvalue weighted by Gasteiger charge is 2.22. The van der Waals surface area contributed by atoms with Gasteiger partial charge in [0.1, 0.15) is 11.9 Å². The quantitative estimate of drug-likeness (QED) is 0.385. The molecular weight excluding hydrogens is 490 g/mol. The Hall–Kier alpha value is -4.81. The van der Waals surface area contributed by atoms with E-state index in [-0.39, 0.29) is 18.3 Å². The number of aromatic nitrogens is 3. The second-order valence-corrected chi connectivity index (χ2v) is 9.70. The van der Waals surface area contributed by atoms with E-state index in [0.29, 0.717) is 23.4 Å². The highest BCUT2D eigenvalue weighted by molar-refractivity contribution is 5.96. The van der Waals surface area contributed by atoms with E-state index in [1.807, 2.05) is 42.5 Å². The number of piperidine rings is 1. The maximum absolute atomic E-state index is 11.9. The number of benzene rings is 2. The van der Waals surface area contributed by atoms with Crippen molar-refractivity contribution in [1.82, 2.24) is 19.9 Å². The van der Waals surface area contributed by atoms with Crippen molar-refractivity contribution in [3.63, 3.8) is 0 Å². The van der Waals surface area contributed by atoms with Crippen molar-refractivity contribution in [1.29, 1.82) is 5.26 Å². The number of carbonyl (C=O) groups excluding carboxylic acids is 1. The molecule has 2 N–H and O–H groups in total. The van der Waals surface area contributed by atoms with Crippen LogP contribution < -0.4 is 15.4 Å². The van der Waals surface area contributed by atoms with Gasteiger partial charge in [0.15, 0.2) is 18.2 Å². The fourth-order valence-electron chi connectivity index (χ4n) is 5.03. The third kappa shape index (κ3) is 5.56. The lowest BCUT2D eigenvalue weighted by molar-refractivity contribution is -0.118. The summed E-state index contributed by atoms with van der Waals surface area (Å²) in [6.07, 6.45) is 3.62. The van der Waals surface area contributed by atoms with Crippen LogP contribution >= 0.6 is 0 Å². The zero-order valence-electron chi connectivity index (χ0n) is 21.3. The molecule has 0 spiro atoms. The van der Waals surface area contributed by atoms with Crippen molar-refractivity contribution in [3.8, 4) is 34.2 Å². The van der Waals surface area contributed by atoms with E-state index in [1.165, 1.54) is 5.56 Å². The van der Waals surface area contributed by atoms with Crippen molar-refractivity contribution in [2.24, 2.45) is 0 Å². The Bertz CT molecular complexity index is 1530. The van der Waals surface area contributed by atoms with Crippen LogP contribution in [0.4, 0.5) is 11.6 Å². The molecule has 1 fully saturated rings. The number of hydrogen-bond acceptors (Lipinski definition) is 8. The standard InChI is InChI=1S/C30H27N7O2/c31-17-27-32-13-10-26(34-27)33-23-11-14-37(15-12-23)18-20-6-8-21(9-7-20)24-16-25-30(35-28(38)19-39-25)36-29(24)22-4-2-1-3-5-22/h1-10,13,16,23H,11-12,14-15,18-19H2,(H,32,33,34)(H,35,36,38). The predicted molar refractivity (Wildman–Crippen MR) is 148 cm³/mol. The van der Waals surface area contributed by atoms with Crippen molar-refractivity contribution in [2.45, 2.75) is 25.4 Å². The molecule has 1 amide bonds. The Morgan fingerprint density at radius 3 is 2.59 bits per heavy atom. The van der Waals surface area contributed by atoms with E-state index in [2.05, 4.69) is 49.8 Å². The number of pyridine rings is 1. The number of nitrogens with one attached hydrogen (secondary N) is 2. The van der Waals surface area contributed by atoms with Crippen LogP contribution in [-0.2, 0) is 11.3 Å². The summed E-state index contributed by atoms with van der Waals surface area (Å²) >= 11 is 0. The Kier molecular flexibility index (Phi) is 6.85. The Morgan fingerprint density at radius 1 is 1.03 bits per heavy atom. The number of nitriles is 1. The number of amides is 1. The minimum atomic E-state index is -0.201. The summed E-state index contributed by atoms with van der Waals surface area (Å²) in [5, 5.41) is 15.3. The molecule has 9 heteroatoms. The van der Waals surface area contributed by atoms with Gasteiger partial charge in [-0.15, -0.1) is 0 Å². The van der Waals surface area contributed by atoms with Gasteiger partial charge in [0.05, 0.1) is 5.69 Å². The van der Waals surface area contributed by atoms with E-state index >= 15 is 0 Å². The summed E-state index contributed by atoms with van der Waals surface area (Å²) in [7, 11) is 0. The topological polar surface area (TPSA) is 116 Å². The van der Waals surface area contributed by atoms with E-state index in [0.717, 1.165) is 54.9 Å². The van der Waals surface area contributed by atoms with Gasteiger partial charge in [0.25, 0.3) is 5.91 Å². The van der Waals surface area contributed by atoms with Crippen LogP contribution in [0.5, 0.6) is 5.75 Å². The van der Waals surface area contributed by atoms with Crippen molar-refractivity contribution < 1.29 is 9.53 Å². The summed E-state index contributed by atoms with van der Waals surface area (Å²) in [4.78, 5) is 27.3. The number of fused-ring (bicyclic) bond motifs is 1. The number of anilines is 2.